The molecule has 19 heavy (non-hydrogen) atoms. The van der Waals surface area contributed by atoms with Crippen LogP contribution < -0.4 is 10.6 Å². The molecule has 2 atom stereocenters. The van der Waals surface area contributed by atoms with Crippen LogP contribution >= 0.6 is 0 Å². The minimum Gasteiger partial charge on any atom is -0.480 e. The SMILES string of the molecule is CCCC1(C(=O)N[C@@H](C(=O)O)C(C)(C)C)CCNC1. The van der Waals surface area contributed by atoms with Crippen molar-refractivity contribution in [1.82, 2.24) is 10.6 Å². The number of hydrogen-bond acceptors (Lipinski definition) is 3. The molecule has 5 nitrogen and oxygen atoms in total. The summed E-state index contributed by atoms with van der Waals surface area (Å²) < 4.78 is 0. The predicted octanol–water partition coefficient (Wildman–Crippen LogP) is 1.38. The Morgan fingerprint density at radius 1 is 1.42 bits per heavy atom. The molecule has 1 fully saturated rings. The fourth-order valence-corrected chi connectivity index (χ4v) is 2.68. The lowest BCUT2D eigenvalue weighted by atomic mass is 9.80. The molecule has 0 aliphatic carbocycles. The lowest BCUT2D eigenvalue weighted by Gasteiger charge is -2.33. The third-order valence-corrected chi connectivity index (χ3v) is 3.84. The summed E-state index contributed by atoms with van der Waals surface area (Å²) in [7, 11) is 0. The minimum atomic E-state index is -0.974. The van der Waals surface area contributed by atoms with Crippen LogP contribution in [0.5, 0.6) is 0 Å². The molecule has 1 aliphatic rings. The Balaban J connectivity index is 2.83. The van der Waals surface area contributed by atoms with E-state index in [2.05, 4.69) is 10.6 Å². The Kier molecular flexibility index (Phi) is 4.96. The molecule has 3 N–H and O–H groups in total. The molecular weight excluding hydrogens is 244 g/mol. The van der Waals surface area contributed by atoms with Gasteiger partial charge in [-0.3, -0.25) is 4.79 Å². The highest BCUT2D eigenvalue weighted by Gasteiger charge is 2.43. The van der Waals surface area contributed by atoms with Crippen LogP contribution in [-0.2, 0) is 9.59 Å². The Morgan fingerprint density at radius 2 is 2.05 bits per heavy atom. The van der Waals surface area contributed by atoms with Crippen molar-refractivity contribution in [3.05, 3.63) is 0 Å². The van der Waals surface area contributed by atoms with Crippen LogP contribution in [0, 0.1) is 10.8 Å². The second-order valence-corrected chi connectivity index (χ2v) is 6.57. The summed E-state index contributed by atoms with van der Waals surface area (Å²) >= 11 is 0. The van der Waals surface area contributed by atoms with Gasteiger partial charge in [-0.1, -0.05) is 34.1 Å². The normalized spacial score (nSPS) is 25.1. The average Bonchev–Trinajstić information content (AvgIpc) is 2.73. The molecule has 1 aliphatic heterocycles. The Hall–Kier alpha value is -1.10. The number of rotatable bonds is 5. The average molecular weight is 270 g/mol. The summed E-state index contributed by atoms with van der Waals surface area (Å²) in [6, 6.07) is -0.852. The minimum absolute atomic E-state index is 0.123. The van der Waals surface area contributed by atoms with Gasteiger partial charge in [0.25, 0.3) is 0 Å². The van der Waals surface area contributed by atoms with Crippen molar-refractivity contribution in [3.63, 3.8) is 0 Å². The summed E-state index contributed by atoms with van der Waals surface area (Å²) in [6.07, 6.45) is 2.49. The number of hydrogen-bond donors (Lipinski definition) is 3. The molecule has 1 saturated heterocycles. The first kappa shape index (κ1) is 16.0. The number of carbonyl (C=O) groups excluding carboxylic acids is 1. The molecule has 0 spiro atoms. The molecule has 0 aromatic rings. The third kappa shape index (κ3) is 3.69. The second-order valence-electron chi connectivity index (χ2n) is 6.57. The lowest BCUT2D eigenvalue weighted by molar-refractivity contribution is -0.147. The van der Waals surface area contributed by atoms with Gasteiger partial charge in [0, 0.05) is 6.54 Å². The van der Waals surface area contributed by atoms with Gasteiger partial charge < -0.3 is 15.7 Å². The monoisotopic (exact) mass is 270 g/mol. The summed E-state index contributed by atoms with van der Waals surface area (Å²) in [5.41, 5.74) is -0.936. The predicted molar refractivity (Wildman–Crippen MR) is 73.8 cm³/mol. The maximum atomic E-state index is 12.5. The van der Waals surface area contributed by atoms with Gasteiger partial charge in [-0.15, -0.1) is 0 Å². The largest absolute Gasteiger partial charge is 0.480 e. The zero-order valence-electron chi connectivity index (χ0n) is 12.4. The molecule has 1 heterocycles. The van der Waals surface area contributed by atoms with E-state index in [1.807, 2.05) is 27.7 Å². The van der Waals surface area contributed by atoms with Crippen LogP contribution in [0.2, 0.25) is 0 Å². The fourth-order valence-electron chi connectivity index (χ4n) is 2.68. The highest BCUT2D eigenvalue weighted by atomic mass is 16.4. The van der Waals surface area contributed by atoms with Crippen LogP contribution in [0.15, 0.2) is 0 Å². The van der Waals surface area contributed by atoms with Gasteiger partial charge in [-0.05, 0) is 24.8 Å². The summed E-state index contributed by atoms with van der Waals surface area (Å²) in [4.78, 5) is 23.8. The standard InChI is InChI=1S/C14H26N2O3/c1-5-6-14(7-8-15-9-14)12(19)16-10(11(17)18)13(2,3)4/h10,15H,5-9H2,1-4H3,(H,16,19)(H,17,18)/t10-,14?/m0/s1. The van der Waals surface area contributed by atoms with E-state index in [0.717, 1.165) is 25.8 Å². The molecule has 0 bridgehead atoms. The van der Waals surface area contributed by atoms with E-state index in [4.69, 9.17) is 0 Å². The van der Waals surface area contributed by atoms with Crippen molar-refractivity contribution in [2.45, 2.75) is 53.0 Å². The Morgan fingerprint density at radius 3 is 2.42 bits per heavy atom. The maximum absolute atomic E-state index is 12.5. The zero-order valence-corrected chi connectivity index (χ0v) is 12.4. The quantitative estimate of drug-likeness (QED) is 0.705. The number of carboxylic acids is 1. The van der Waals surface area contributed by atoms with Crippen molar-refractivity contribution < 1.29 is 14.7 Å². The van der Waals surface area contributed by atoms with Gasteiger partial charge in [-0.25, -0.2) is 4.79 Å². The molecule has 0 aromatic heterocycles. The lowest BCUT2D eigenvalue weighted by Crippen LogP contribution is -2.54. The summed E-state index contributed by atoms with van der Waals surface area (Å²) in [5, 5.41) is 15.2. The first-order valence-electron chi connectivity index (χ1n) is 6.97. The topological polar surface area (TPSA) is 78.4 Å². The van der Waals surface area contributed by atoms with Crippen molar-refractivity contribution in [1.29, 1.82) is 0 Å². The molecule has 1 unspecified atom stereocenters. The number of aliphatic carboxylic acids is 1. The van der Waals surface area contributed by atoms with E-state index in [9.17, 15) is 14.7 Å². The Labute approximate surface area is 115 Å². The first-order valence-corrected chi connectivity index (χ1v) is 6.97. The first-order chi connectivity index (χ1) is 8.73. The highest BCUT2D eigenvalue weighted by molar-refractivity contribution is 5.88. The van der Waals surface area contributed by atoms with E-state index in [1.54, 1.807) is 0 Å². The van der Waals surface area contributed by atoms with Gasteiger partial charge in [0.15, 0.2) is 0 Å². The second kappa shape index (κ2) is 5.90. The van der Waals surface area contributed by atoms with Crippen molar-refractivity contribution >= 4 is 11.9 Å². The van der Waals surface area contributed by atoms with Crippen LogP contribution in [0.4, 0.5) is 0 Å². The van der Waals surface area contributed by atoms with Gasteiger partial charge >= 0.3 is 5.97 Å². The highest BCUT2D eigenvalue weighted by Crippen LogP contribution is 2.32. The third-order valence-electron chi connectivity index (χ3n) is 3.84. The Bertz CT molecular complexity index is 341. The molecule has 0 radical (unpaired) electrons. The maximum Gasteiger partial charge on any atom is 0.326 e. The van der Waals surface area contributed by atoms with Crippen molar-refractivity contribution in [2.24, 2.45) is 10.8 Å². The van der Waals surface area contributed by atoms with Gasteiger partial charge in [-0.2, -0.15) is 0 Å². The van der Waals surface area contributed by atoms with E-state index in [1.165, 1.54) is 0 Å². The number of carboxylic acid groups (broad SMARTS) is 1. The smallest absolute Gasteiger partial charge is 0.326 e. The van der Waals surface area contributed by atoms with Crippen LogP contribution in [0.3, 0.4) is 0 Å². The molecular formula is C14H26N2O3. The fraction of sp³-hybridized carbons (Fsp3) is 0.857. The zero-order chi connectivity index (χ0) is 14.7. The molecule has 0 saturated carbocycles. The molecule has 0 aromatic carbocycles. The van der Waals surface area contributed by atoms with Gasteiger partial charge in [0.2, 0.25) is 5.91 Å². The number of carbonyl (C=O) groups is 2. The van der Waals surface area contributed by atoms with Crippen LogP contribution in [-0.4, -0.2) is 36.1 Å². The van der Waals surface area contributed by atoms with Gasteiger partial charge in [0.1, 0.15) is 6.04 Å². The number of nitrogens with one attached hydrogen (secondary N) is 2. The number of amides is 1. The van der Waals surface area contributed by atoms with E-state index in [-0.39, 0.29) is 5.91 Å². The molecule has 110 valence electrons. The van der Waals surface area contributed by atoms with E-state index in [0.29, 0.717) is 6.54 Å². The van der Waals surface area contributed by atoms with E-state index < -0.39 is 22.8 Å². The molecule has 1 rings (SSSR count). The molecule has 1 amide bonds. The molecule has 5 heteroatoms. The van der Waals surface area contributed by atoms with E-state index >= 15 is 0 Å². The summed E-state index contributed by atoms with van der Waals surface area (Å²) in [5.74, 6) is -1.10. The van der Waals surface area contributed by atoms with Crippen LogP contribution in [0.25, 0.3) is 0 Å². The van der Waals surface area contributed by atoms with Crippen molar-refractivity contribution in [2.75, 3.05) is 13.1 Å². The van der Waals surface area contributed by atoms with Gasteiger partial charge in [0.05, 0.1) is 5.41 Å². The summed E-state index contributed by atoms with van der Waals surface area (Å²) in [6.45, 7) is 8.98. The van der Waals surface area contributed by atoms with Crippen LogP contribution in [0.1, 0.15) is 47.0 Å². The van der Waals surface area contributed by atoms with Crippen molar-refractivity contribution in [3.8, 4) is 0 Å².